The van der Waals surface area contributed by atoms with E-state index in [1.54, 1.807) is 0 Å². The summed E-state index contributed by atoms with van der Waals surface area (Å²) < 4.78 is 6.89. The van der Waals surface area contributed by atoms with Crippen LogP contribution in [0.4, 0.5) is 0 Å². The second-order valence-electron chi connectivity index (χ2n) is 4.06. The molecule has 2 unspecified atom stereocenters. The van der Waals surface area contributed by atoms with Gasteiger partial charge in [-0.1, -0.05) is 29.0 Å². The Hall–Kier alpha value is 0.650. The standard InChI is InChI=1S/C10H18INO/c11-5-2-6-12-9-3-1-4-10(12)8-13-7-9/h9-10H,1-8H2. The zero-order chi connectivity index (χ0) is 9.10. The van der Waals surface area contributed by atoms with E-state index in [-0.39, 0.29) is 0 Å². The van der Waals surface area contributed by atoms with E-state index in [1.165, 1.54) is 36.7 Å². The molecule has 2 nitrogen and oxygen atoms in total. The average molecular weight is 295 g/mol. The molecule has 0 amide bonds. The van der Waals surface area contributed by atoms with Crippen LogP contribution in [-0.4, -0.2) is 41.2 Å². The quantitative estimate of drug-likeness (QED) is 0.584. The van der Waals surface area contributed by atoms with E-state index in [0.29, 0.717) is 0 Å². The van der Waals surface area contributed by atoms with Crippen LogP contribution in [0, 0.1) is 0 Å². The molecule has 0 saturated carbocycles. The SMILES string of the molecule is ICCCN1C2CCCC1COC2. The Morgan fingerprint density at radius 3 is 2.54 bits per heavy atom. The Morgan fingerprint density at radius 1 is 1.23 bits per heavy atom. The number of halogens is 1. The van der Waals surface area contributed by atoms with Gasteiger partial charge in [-0.05, 0) is 25.8 Å². The first-order chi connectivity index (χ1) is 6.42. The largest absolute Gasteiger partial charge is 0.378 e. The van der Waals surface area contributed by atoms with E-state index in [2.05, 4.69) is 27.5 Å². The smallest absolute Gasteiger partial charge is 0.0622 e. The minimum Gasteiger partial charge on any atom is -0.378 e. The van der Waals surface area contributed by atoms with Crippen molar-refractivity contribution in [3.63, 3.8) is 0 Å². The van der Waals surface area contributed by atoms with Crippen molar-refractivity contribution in [1.29, 1.82) is 0 Å². The van der Waals surface area contributed by atoms with Crippen LogP contribution < -0.4 is 0 Å². The Labute approximate surface area is 94.1 Å². The fourth-order valence-corrected chi connectivity index (χ4v) is 2.87. The molecule has 0 aromatic rings. The van der Waals surface area contributed by atoms with Crippen LogP contribution in [0.15, 0.2) is 0 Å². The van der Waals surface area contributed by atoms with Gasteiger partial charge in [0.1, 0.15) is 0 Å². The first-order valence-corrected chi connectivity index (χ1v) is 6.84. The molecule has 2 fully saturated rings. The van der Waals surface area contributed by atoms with Gasteiger partial charge in [-0.25, -0.2) is 0 Å². The number of alkyl halides is 1. The highest BCUT2D eigenvalue weighted by Crippen LogP contribution is 2.27. The number of hydrogen-bond acceptors (Lipinski definition) is 2. The number of fused-ring (bicyclic) bond motifs is 2. The van der Waals surface area contributed by atoms with E-state index in [4.69, 9.17) is 4.74 Å². The number of ether oxygens (including phenoxy) is 1. The molecule has 2 heterocycles. The second kappa shape index (κ2) is 4.94. The third-order valence-corrected chi connectivity index (χ3v) is 3.95. The van der Waals surface area contributed by atoms with Crippen molar-refractivity contribution < 1.29 is 4.74 Å². The predicted molar refractivity (Wildman–Crippen MR) is 62.5 cm³/mol. The van der Waals surface area contributed by atoms with Crippen LogP contribution in [0.3, 0.4) is 0 Å². The lowest BCUT2D eigenvalue weighted by Crippen LogP contribution is -2.55. The summed E-state index contributed by atoms with van der Waals surface area (Å²) in [6, 6.07) is 1.49. The first-order valence-electron chi connectivity index (χ1n) is 5.31. The molecule has 3 heteroatoms. The minimum absolute atomic E-state index is 0.746. The third kappa shape index (κ3) is 2.36. The van der Waals surface area contributed by atoms with Crippen molar-refractivity contribution in [2.24, 2.45) is 0 Å². The first kappa shape index (κ1) is 10.2. The molecule has 0 aliphatic carbocycles. The Balaban J connectivity index is 1.90. The van der Waals surface area contributed by atoms with Gasteiger partial charge in [-0.2, -0.15) is 0 Å². The predicted octanol–water partition coefficient (Wildman–Crippen LogP) is 2.06. The van der Waals surface area contributed by atoms with Crippen LogP contribution in [0.5, 0.6) is 0 Å². The molecule has 76 valence electrons. The molecular weight excluding hydrogens is 277 g/mol. The Morgan fingerprint density at radius 2 is 1.92 bits per heavy atom. The minimum atomic E-state index is 0.746. The number of nitrogens with zero attached hydrogens (tertiary/aromatic N) is 1. The monoisotopic (exact) mass is 295 g/mol. The lowest BCUT2D eigenvalue weighted by molar-refractivity contribution is -0.0725. The molecule has 0 aromatic heterocycles. The maximum Gasteiger partial charge on any atom is 0.0622 e. The van der Waals surface area contributed by atoms with Gasteiger partial charge in [0.05, 0.1) is 13.2 Å². The molecule has 0 radical (unpaired) electrons. The van der Waals surface area contributed by atoms with Gasteiger partial charge in [-0.3, -0.25) is 4.90 Å². The summed E-state index contributed by atoms with van der Waals surface area (Å²) in [5.74, 6) is 0. The van der Waals surface area contributed by atoms with Crippen molar-refractivity contribution in [3.8, 4) is 0 Å². The molecule has 2 saturated heterocycles. The van der Waals surface area contributed by atoms with E-state index in [0.717, 1.165) is 25.3 Å². The van der Waals surface area contributed by atoms with Gasteiger partial charge in [0.2, 0.25) is 0 Å². The van der Waals surface area contributed by atoms with Gasteiger partial charge >= 0.3 is 0 Å². The number of piperidine rings is 1. The van der Waals surface area contributed by atoms with Crippen LogP contribution in [0.25, 0.3) is 0 Å². The second-order valence-corrected chi connectivity index (χ2v) is 5.14. The average Bonchev–Trinajstić information content (AvgIpc) is 2.14. The fourth-order valence-electron chi connectivity index (χ4n) is 2.52. The zero-order valence-electron chi connectivity index (χ0n) is 8.04. The van der Waals surface area contributed by atoms with Crippen molar-refractivity contribution in [2.75, 3.05) is 24.2 Å². The maximum atomic E-state index is 5.60. The highest BCUT2D eigenvalue weighted by molar-refractivity contribution is 14.1. The van der Waals surface area contributed by atoms with Gasteiger partial charge in [0.15, 0.2) is 0 Å². The summed E-state index contributed by atoms with van der Waals surface area (Å²) in [5.41, 5.74) is 0. The topological polar surface area (TPSA) is 12.5 Å². The molecule has 2 aliphatic heterocycles. The van der Waals surface area contributed by atoms with Crippen molar-refractivity contribution in [1.82, 2.24) is 4.90 Å². The molecule has 0 aromatic carbocycles. The van der Waals surface area contributed by atoms with Crippen molar-refractivity contribution in [2.45, 2.75) is 37.8 Å². The third-order valence-electron chi connectivity index (χ3n) is 3.18. The van der Waals surface area contributed by atoms with E-state index in [1.807, 2.05) is 0 Å². The summed E-state index contributed by atoms with van der Waals surface area (Å²) in [4.78, 5) is 2.70. The summed E-state index contributed by atoms with van der Waals surface area (Å²) in [7, 11) is 0. The molecule has 2 bridgehead atoms. The zero-order valence-corrected chi connectivity index (χ0v) is 10.2. The lowest BCUT2D eigenvalue weighted by Gasteiger charge is -2.45. The van der Waals surface area contributed by atoms with E-state index < -0.39 is 0 Å². The Kier molecular flexibility index (Phi) is 3.86. The van der Waals surface area contributed by atoms with Gasteiger partial charge in [-0.15, -0.1) is 0 Å². The number of hydrogen-bond donors (Lipinski definition) is 0. The van der Waals surface area contributed by atoms with Crippen LogP contribution in [0.1, 0.15) is 25.7 Å². The van der Waals surface area contributed by atoms with Gasteiger partial charge < -0.3 is 4.74 Å². The summed E-state index contributed by atoms with van der Waals surface area (Å²) in [5, 5.41) is 0. The lowest BCUT2D eigenvalue weighted by atomic mass is 9.94. The molecule has 2 atom stereocenters. The van der Waals surface area contributed by atoms with E-state index >= 15 is 0 Å². The van der Waals surface area contributed by atoms with E-state index in [9.17, 15) is 0 Å². The van der Waals surface area contributed by atoms with Crippen molar-refractivity contribution >= 4 is 22.6 Å². The molecule has 0 N–H and O–H groups in total. The molecule has 0 spiro atoms. The summed E-state index contributed by atoms with van der Waals surface area (Å²) in [6.45, 7) is 3.26. The summed E-state index contributed by atoms with van der Waals surface area (Å²) >= 11 is 2.47. The molecule has 2 rings (SSSR count). The Bertz CT molecular complexity index is 143. The summed E-state index contributed by atoms with van der Waals surface area (Å²) in [6.07, 6.45) is 5.47. The van der Waals surface area contributed by atoms with Crippen molar-refractivity contribution in [3.05, 3.63) is 0 Å². The normalized spacial score (nSPS) is 34.8. The fraction of sp³-hybridized carbons (Fsp3) is 1.00. The van der Waals surface area contributed by atoms with Crippen LogP contribution in [-0.2, 0) is 4.74 Å². The number of morpholine rings is 1. The molecular formula is C10H18INO. The van der Waals surface area contributed by atoms with Crippen LogP contribution >= 0.6 is 22.6 Å². The maximum absolute atomic E-state index is 5.60. The number of rotatable bonds is 3. The highest BCUT2D eigenvalue weighted by Gasteiger charge is 2.33. The molecule has 13 heavy (non-hydrogen) atoms. The van der Waals surface area contributed by atoms with Gasteiger partial charge in [0, 0.05) is 16.5 Å². The highest BCUT2D eigenvalue weighted by atomic mass is 127. The van der Waals surface area contributed by atoms with Gasteiger partial charge in [0.25, 0.3) is 0 Å². The molecule has 2 aliphatic rings. The van der Waals surface area contributed by atoms with Crippen LogP contribution in [0.2, 0.25) is 0 Å².